The average Bonchev–Trinajstić information content (AvgIpc) is 3.44. The van der Waals surface area contributed by atoms with Crippen LogP contribution >= 0.6 is 15.9 Å². The number of hydrogen-bond acceptors (Lipinski definition) is 7. The number of rotatable bonds is 8. The molecule has 1 saturated heterocycles. The fraction of sp³-hybridized carbons (Fsp3) is 0.160. The largest absolute Gasteiger partial charge is 0.493 e. The van der Waals surface area contributed by atoms with Crippen LogP contribution in [0.3, 0.4) is 0 Å². The van der Waals surface area contributed by atoms with Crippen molar-refractivity contribution >= 4 is 39.9 Å². The molecule has 2 aromatic carbocycles. The number of nitrogens with one attached hydrogen (secondary N) is 1. The van der Waals surface area contributed by atoms with Crippen LogP contribution in [0.1, 0.15) is 27.4 Å². The summed E-state index contributed by atoms with van der Waals surface area (Å²) in [6.07, 6.45) is 1.53. The Bertz CT molecular complexity index is 1300. The molecule has 35 heavy (non-hydrogen) atoms. The summed E-state index contributed by atoms with van der Waals surface area (Å²) < 4.78 is 22.4. The molecule has 2 heterocycles. The van der Waals surface area contributed by atoms with Crippen LogP contribution in [0.25, 0.3) is 6.08 Å². The maximum atomic E-state index is 13.0. The quantitative estimate of drug-likeness (QED) is 0.254. The molecule has 0 radical (unpaired) electrons. The third-order valence-corrected chi connectivity index (χ3v) is 5.68. The Labute approximate surface area is 209 Å². The fourth-order valence-electron chi connectivity index (χ4n) is 3.40. The number of benzene rings is 2. The Morgan fingerprint density at radius 1 is 1.09 bits per heavy atom. The van der Waals surface area contributed by atoms with Gasteiger partial charge in [0.25, 0.3) is 5.91 Å². The Kier molecular flexibility index (Phi) is 7.21. The van der Waals surface area contributed by atoms with Gasteiger partial charge in [0.05, 0.1) is 20.8 Å². The van der Waals surface area contributed by atoms with Crippen molar-refractivity contribution in [3.05, 3.63) is 87.4 Å². The second kappa shape index (κ2) is 10.5. The number of para-hydroxylation sites is 1. The third kappa shape index (κ3) is 5.38. The number of carbonyl (C=O) groups excluding carboxylic acids is 3. The topological polar surface area (TPSA) is 107 Å². The van der Waals surface area contributed by atoms with Gasteiger partial charge in [0, 0.05) is 10.0 Å². The van der Waals surface area contributed by atoms with Crippen LogP contribution in [0.5, 0.6) is 11.5 Å². The number of halogens is 1. The second-order valence-corrected chi connectivity index (χ2v) is 8.35. The number of amides is 3. The van der Waals surface area contributed by atoms with Gasteiger partial charge in [0.15, 0.2) is 11.5 Å². The zero-order chi connectivity index (χ0) is 24.9. The van der Waals surface area contributed by atoms with E-state index >= 15 is 0 Å². The third-order valence-electron chi connectivity index (χ3n) is 5.15. The number of esters is 1. The van der Waals surface area contributed by atoms with Crippen LogP contribution in [-0.4, -0.2) is 37.0 Å². The van der Waals surface area contributed by atoms with Crippen LogP contribution in [0, 0.1) is 0 Å². The van der Waals surface area contributed by atoms with Crippen molar-refractivity contribution in [1.82, 2.24) is 10.2 Å². The molecule has 180 valence electrons. The van der Waals surface area contributed by atoms with Gasteiger partial charge >= 0.3 is 12.0 Å². The first-order valence-corrected chi connectivity index (χ1v) is 11.2. The predicted molar refractivity (Wildman–Crippen MR) is 129 cm³/mol. The molecule has 1 aliphatic heterocycles. The standard InChI is InChI=1S/C25H21BrN2O7/c1-32-20-5-3-4-16(22(20)34-14-15-6-8-17(26)9-7-15)12-19-23(29)28(25(31)27-19)13-18-10-11-21(35-18)24(30)33-2/h3-12H,13-14H2,1-2H3,(H,27,31)/b19-12+. The first kappa shape index (κ1) is 24.1. The lowest BCUT2D eigenvalue weighted by atomic mass is 10.1. The first-order valence-electron chi connectivity index (χ1n) is 10.5. The monoisotopic (exact) mass is 540 g/mol. The Morgan fingerprint density at radius 2 is 1.86 bits per heavy atom. The number of furan rings is 1. The van der Waals surface area contributed by atoms with Crippen LogP contribution in [0.2, 0.25) is 0 Å². The molecule has 1 aromatic heterocycles. The zero-order valence-electron chi connectivity index (χ0n) is 18.9. The van der Waals surface area contributed by atoms with Gasteiger partial charge < -0.3 is 23.9 Å². The highest BCUT2D eigenvalue weighted by atomic mass is 79.9. The number of carbonyl (C=O) groups is 3. The smallest absolute Gasteiger partial charge is 0.373 e. The van der Waals surface area contributed by atoms with E-state index in [-0.39, 0.29) is 30.4 Å². The molecule has 4 rings (SSSR count). The van der Waals surface area contributed by atoms with Gasteiger partial charge in [-0.3, -0.25) is 9.69 Å². The summed E-state index contributed by atoms with van der Waals surface area (Å²) in [6, 6.07) is 15.3. The normalized spacial score (nSPS) is 14.3. The van der Waals surface area contributed by atoms with Crippen LogP contribution in [0.4, 0.5) is 4.79 Å². The van der Waals surface area contributed by atoms with Gasteiger partial charge in [-0.25, -0.2) is 9.59 Å². The Balaban J connectivity index is 1.55. The molecule has 0 saturated carbocycles. The molecule has 10 heteroatoms. The van der Waals surface area contributed by atoms with Crippen molar-refractivity contribution in [3.8, 4) is 11.5 Å². The molecule has 1 N–H and O–H groups in total. The number of imide groups is 1. The van der Waals surface area contributed by atoms with E-state index in [4.69, 9.17) is 13.9 Å². The molecule has 0 unspecified atom stereocenters. The van der Waals surface area contributed by atoms with Gasteiger partial charge in [-0.05, 0) is 42.0 Å². The number of methoxy groups -OCH3 is 2. The SMILES string of the molecule is COC(=O)c1ccc(CN2C(=O)N/C(=C/c3cccc(OC)c3OCc3ccc(Br)cc3)C2=O)o1. The Morgan fingerprint density at radius 3 is 2.57 bits per heavy atom. The predicted octanol–water partition coefficient (Wildman–Crippen LogP) is 4.51. The zero-order valence-corrected chi connectivity index (χ0v) is 20.5. The summed E-state index contributed by atoms with van der Waals surface area (Å²) in [5.41, 5.74) is 1.56. The lowest BCUT2D eigenvalue weighted by Crippen LogP contribution is -2.30. The molecule has 3 amide bonds. The average molecular weight is 541 g/mol. The van der Waals surface area contributed by atoms with Gasteiger partial charge in [-0.15, -0.1) is 0 Å². The highest BCUT2D eigenvalue weighted by Gasteiger charge is 2.34. The minimum Gasteiger partial charge on any atom is -0.493 e. The summed E-state index contributed by atoms with van der Waals surface area (Å²) in [5.74, 6) is -0.0459. The van der Waals surface area contributed by atoms with E-state index in [1.54, 1.807) is 18.2 Å². The highest BCUT2D eigenvalue weighted by Crippen LogP contribution is 2.34. The molecule has 0 aliphatic carbocycles. The van der Waals surface area contributed by atoms with Gasteiger partial charge in [0.1, 0.15) is 18.1 Å². The van der Waals surface area contributed by atoms with Crippen molar-refractivity contribution < 1.29 is 33.0 Å². The molecule has 0 spiro atoms. The summed E-state index contributed by atoms with van der Waals surface area (Å²) in [5, 5.41) is 2.57. The van der Waals surface area contributed by atoms with Crippen LogP contribution in [-0.2, 0) is 22.7 Å². The fourth-order valence-corrected chi connectivity index (χ4v) is 3.66. The lowest BCUT2D eigenvalue weighted by molar-refractivity contribution is -0.123. The minimum absolute atomic E-state index is 0.0192. The number of ether oxygens (including phenoxy) is 3. The van der Waals surface area contributed by atoms with E-state index in [1.165, 1.54) is 32.4 Å². The summed E-state index contributed by atoms with van der Waals surface area (Å²) in [4.78, 5) is 38.0. The first-order chi connectivity index (χ1) is 16.9. The molecule has 0 atom stereocenters. The van der Waals surface area contributed by atoms with Gasteiger partial charge in [-0.2, -0.15) is 0 Å². The van der Waals surface area contributed by atoms with Crippen molar-refractivity contribution in [2.24, 2.45) is 0 Å². The van der Waals surface area contributed by atoms with Crippen molar-refractivity contribution in [1.29, 1.82) is 0 Å². The number of nitrogens with zero attached hydrogens (tertiary/aromatic N) is 1. The molecule has 1 aliphatic rings. The molecular formula is C25H21BrN2O7. The van der Waals surface area contributed by atoms with Gasteiger partial charge in [0.2, 0.25) is 5.76 Å². The number of hydrogen-bond donors (Lipinski definition) is 1. The molecule has 1 fully saturated rings. The van der Waals surface area contributed by atoms with Crippen molar-refractivity contribution in [2.75, 3.05) is 14.2 Å². The van der Waals surface area contributed by atoms with Crippen LogP contribution in [0.15, 0.2) is 69.2 Å². The molecule has 0 bridgehead atoms. The van der Waals surface area contributed by atoms with E-state index in [1.807, 2.05) is 24.3 Å². The van der Waals surface area contributed by atoms with Crippen molar-refractivity contribution in [2.45, 2.75) is 13.2 Å². The van der Waals surface area contributed by atoms with Gasteiger partial charge in [-0.1, -0.05) is 40.2 Å². The van der Waals surface area contributed by atoms with E-state index in [9.17, 15) is 14.4 Å². The molecule has 9 nitrogen and oxygen atoms in total. The minimum atomic E-state index is -0.650. The maximum absolute atomic E-state index is 13.0. The Hall–Kier alpha value is -4.05. The summed E-state index contributed by atoms with van der Waals surface area (Å²) in [6.45, 7) is 0.126. The van der Waals surface area contributed by atoms with E-state index in [0.717, 1.165) is 14.9 Å². The molecular weight excluding hydrogens is 520 g/mol. The van der Waals surface area contributed by atoms with E-state index in [0.29, 0.717) is 17.1 Å². The van der Waals surface area contributed by atoms with Crippen LogP contribution < -0.4 is 14.8 Å². The van der Waals surface area contributed by atoms with Crippen molar-refractivity contribution in [3.63, 3.8) is 0 Å². The van der Waals surface area contributed by atoms with E-state index < -0.39 is 17.9 Å². The number of urea groups is 1. The lowest BCUT2D eigenvalue weighted by Gasteiger charge is -2.14. The molecule has 3 aromatic rings. The summed E-state index contributed by atoms with van der Waals surface area (Å²) >= 11 is 3.41. The summed E-state index contributed by atoms with van der Waals surface area (Å²) in [7, 11) is 2.75. The highest BCUT2D eigenvalue weighted by molar-refractivity contribution is 9.10. The maximum Gasteiger partial charge on any atom is 0.373 e. The van der Waals surface area contributed by atoms with E-state index in [2.05, 4.69) is 26.0 Å². The second-order valence-electron chi connectivity index (χ2n) is 7.43.